The lowest BCUT2D eigenvalue weighted by atomic mass is 10.0. The minimum absolute atomic E-state index is 0.0180. The van der Waals surface area contributed by atoms with Gasteiger partial charge < -0.3 is 9.87 Å². The molecule has 0 heterocycles. The van der Waals surface area contributed by atoms with E-state index < -0.39 is 63.9 Å². The molecular weight excluding hydrogens is 648 g/mol. The fourth-order valence-corrected chi connectivity index (χ4v) is 7.71. The smallest absolute Gasteiger partial charge is 0.485 e. The van der Waals surface area contributed by atoms with Gasteiger partial charge in [-0.05, 0) is 48.4 Å². The maximum Gasteiger partial charge on any atom is 0.485 e. The summed E-state index contributed by atoms with van der Waals surface area (Å²) in [5.74, 6) is -1.11. The van der Waals surface area contributed by atoms with Crippen LogP contribution in [-0.4, -0.2) is 43.3 Å². The van der Waals surface area contributed by atoms with Gasteiger partial charge in [0.05, 0.1) is 47.9 Å². The zero-order valence-electron chi connectivity index (χ0n) is 23.3. The summed E-state index contributed by atoms with van der Waals surface area (Å²) in [6, 6.07) is 19.9. The first-order valence-corrected chi connectivity index (χ1v) is 16.4. The maximum atomic E-state index is 13.3. The van der Waals surface area contributed by atoms with Crippen molar-refractivity contribution in [2.45, 2.75) is 37.8 Å². The number of carbonyl (C=O) groups is 1. The molecule has 0 radical (unpaired) electrons. The lowest BCUT2D eigenvalue weighted by Gasteiger charge is -2.30. The van der Waals surface area contributed by atoms with Crippen molar-refractivity contribution in [2.24, 2.45) is 5.92 Å². The van der Waals surface area contributed by atoms with Crippen LogP contribution in [0.25, 0.3) is 0 Å². The SMILES string of the molecule is CC(C)[C@@H](C[P+](C)(c1ccccc1)c1ccccc1)NC(=O)c1cc(C(F)(F)F)cc(C(F)(F)F)c1.O=S(=O)([O-])C(F)(F)F. The van der Waals surface area contributed by atoms with E-state index in [-0.39, 0.29) is 12.0 Å². The Morgan fingerprint density at radius 3 is 1.43 bits per heavy atom. The highest BCUT2D eigenvalue weighted by Gasteiger charge is 2.42. The number of rotatable bonds is 7. The summed E-state index contributed by atoms with van der Waals surface area (Å²) < 4.78 is 139. The van der Waals surface area contributed by atoms with Crippen molar-refractivity contribution in [2.75, 3.05) is 12.8 Å². The van der Waals surface area contributed by atoms with Crippen LogP contribution in [0.1, 0.15) is 35.3 Å². The number of hydrogen-bond donors (Lipinski definition) is 1. The Labute approximate surface area is 248 Å². The molecule has 0 aliphatic rings. The van der Waals surface area contributed by atoms with E-state index in [1.54, 1.807) is 0 Å². The van der Waals surface area contributed by atoms with Crippen LogP contribution in [0.15, 0.2) is 78.9 Å². The van der Waals surface area contributed by atoms with Gasteiger partial charge in [-0.3, -0.25) is 4.79 Å². The fraction of sp³-hybridized carbons (Fsp3) is 0.321. The number of hydrogen-bond acceptors (Lipinski definition) is 4. The summed E-state index contributed by atoms with van der Waals surface area (Å²) in [4.78, 5) is 13.0. The van der Waals surface area contributed by atoms with E-state index in [0.29, 0.717) is 18.3 Å². The average Bonchev–Trinajstić information content (AvgIpc) is 2.91. The zero-order valence-corrected chi connectivity index (χ0v) is 25.0. The first-order valence-electron chi connectivity index (χ1n) is 12.6. The van der Waals surface area contributed by atoms with Gasteiger partial charge in [0.2, 0.25) is 0 Å². The molecule has 0 fully saturated rings. The number of amides is 1. The summed E-state index contributed by atoms with van der Waals surface area (Å²) >= 11 is 0. The lowest BCUT2D eigenvalue weighted by molar-refractivity contribution is -0.143. The summed E-state index contributed by atoms with van der Waals surface area (Å²) in [7, 11) is -8.17. The Kier molecular flexibility index (Phi) is 11.7. The Hall–Kier alpha value is -3.16. The molecule has 3 aromatic carbocycles. The van der Waals surface area contributed by atoms with Gasteiger partial charge in [0.25, 0.3) is 5.91 Å². The van der Waals surface area contributed by atoms with Crippen LogP contribution < -0.4 is 15.9 Å². The quantitative estimate of drug-likeness (QED) is 0.129. The zero-order chi connectivity index (χ0) is 33.7. The highest BCUT2D eigenvalue weighted by molar-refractivity contribution is 7.89. The van der Waals surface area contributed by atoms with Crippen LogP contribution in [0.4, 0.5) is 39.5 Å². The number of carbonyl (C=O) groups excluding carboxylic acids is 1. The highest BCUT2D eigenvalue weighted by Crippen LogP contribution is 2.53. The molecule has 1 atom stereocenters. The molecule has 1 N–H and O–H groups in total. The van der Waals surface area contributed by atoms with Crippen LogP contribution in [0.5, 0.6) is 0 Å². The largest absolute Gasteiger partial charge is 0.741 e. The van der Waals surface area contributed by atoms with E-state index in [1.807, 2.05) is 74.5 Å². The predicted octanol–water partition coefficient (Wildman–Crippen LogP) is 6.83. The second-order valence-electron chi connectivity index (χ2n) is 10.1. The molecular formula is C28H27F9NO4PS. The van der Waals surface area contributed by atoms with E-state index in [9.17, 15) is 44.3 Å². The Morgan fingerprint density at radius 2 is 1.14 bits per heavy atom. The second-order valence-corrected chi connectivity index (χ2v) is 15.2. The molecule has 3 rings (SSSR count). The average molecular weight is 676 g/mol. The van der Waals surface area contributed by atoms with Gasteiger partial charge >= 0.3 is 17.9 Å². The number of halogens is 9. The molecule has 5 nitrogen and oxygen atoms in total. The van der Waals surface area contributed by atoms with Gasteiger partial charge in [-0.1, -0.05) is 50.2 Å². The second kappa shape index (κ2) is 13.9. The summed E-state index contributed by atoms with van der Waals surface area (Å²) in [5.41, 5.74) is -9.36. The van der Waals surface area contributed by atoms with E-state index in [1.165, 1.54) is 0 Å². The maximum absolute atomic E-state index is 13.3. The molecule has 0 aliphatic carbocycles. The summed E-state index contributed by atoms with van der Waals surface area (Å²) in [6.45, 7) is 5.84. The predicted molar refractivity (Wildman–Crippen MR) is 148 cm³/mol. The molecule has 16 heteroatoms. The molecule has 0 aliphatic heterocycles. The standard InChI is InChI=1S/C27H26F6NOP.CHF3O3S/c1-18(2)24(17-36(3,22-10-6-4-7-11-22)23-12-8-5-9-13-23)34-25(35)19-14-20(26(28,29)30)16-21(15-19)27(31,32)33;2-1(3,4)8(5,6)7/h4-16,18,24H,17H2,1-3H3;(H,5,6,7)/t24-;/m1./s1. The molecule has 0 unspecified atom stereocenters. The highest BCUT2D eigenvalue weighted by atomic mass is 32.2. The van der Waals surface area contributed by atoms with E-state index >= 15 is 0 Å². The van der Waals surface area contributed by atoms with Gasteiger partial charge in [0, 0.05) is 5.56 Å². The van der Waals surface area contributed by atoms with Crippen LogP contribution >= 0.6 is 7.26 Å². The Balaban J connectivity index is 0.000000742. The van der Waals surface area contributed by atoms with Gasteiger partial charge in [-0.25, -0.2) is 8.42 Å². The first kappa shape index (κ1) is 37.0. The normalized spacial score (nSPS) is 13.6. The van der Waals surface area contributed by atoms with Crippen molar-refractivity contribution in [3.63, 3.8) is 0 Å². The van der Waals surface area contributed by atoms with E-state index in [4.69, 9.17) is 13.0 Å². The van der Waals surface area contributed by atoms with Gasteiger partial charge in [0.15, 0.2) is 10.1 Å². The lowest BCUT2D eigenvalue weighted by Crippen LogP contribution is -2.44. The monoisotopic (exact) mass is 675 g/mol. The Bertz CT molecular complexity index is 1440. The van der Waals surface area contributed by atoms with Crippen LogP contribution in [0.3, 0.4) is 0 Å². The molecule has 0 spiro atoms. The van der Waals surface area contributed by atoms with Crippen LogP contribution in [-0.2, 0) is 22.5 Å². The van der Waals surface area contributed by atoms with E-state index in [0.717, 1.165) is 10.6 Å². The van der Waals surface area contributed by atoms with Crippen LogP contribution in [0.2, 0.25) is 0 Å². The minimum atomic E-state index is -6.09. The summed E-state index contributed by atoms with van der Waals surface area (Å²) in [5, 5.41) is 4.90. The summed E-state index contributed by atoms with van der Waals surface area (Å²) in [6.07, 6.45) is -9.58. The van der Waals surface area contributed by atoms with Gasteiger partial charge in [0.1, 0.15) is 0 Å². The molecule has 0 aromatic heterocycles. The molecule has 3 aromatic rings. The molecule has 0 bridgehead atoms. The molecule has 1 amide bonds. The molecule has 0 saturated carbocycles. The van der Waals surface area contributed by atoms with Crippen molar-refractivity contribution >= 4 is 33.9 Å². The van der Waals surface area contributed by atoms with Crippen molar-refractivity contribution in [3.8, 4) is 0 Å². The molecule has 242 valence electrons. The first-order chi connectivity index (χ1) is 20.0. The van der Waals surface area contributed by atoms with Crippen molar-refractivity contribution in [1.29, 1.82) is 0 Å². The Morgan fingerprint density at radius 1 is 0.773 bits per heavy atom. The topological polar surface area (TPSA) is 86.3 Å². The minimum Gasteiger partial charge on any atom is -0.741 e. The van der Waals surface area contributed by atoms with Crippen LogP contribution in [0, 0.1) is 5.92 Å². The third-order valence-electron chi connectivity index (χ3n) is 6.47. The molecule has 0 saturated heterocycles. The molecule has 44 heavy (non-hydrogen) atoms. The van der Waals surface area contributed by atoms with Gasteiger partial charge in [-0.2, -0.15) is 39.5 Å². The van der Waals surface area contributed by atoms with Crippen molar-refractivity contribution < 1.29 is 57.3 Å². The number of benzene rings is 3. The van der Waals surface area contributed by atoms with Crippen molar-refractivity contribution in [3.05, 3.63) is 95.6 Å². The van der Waals surface area contributed by atoms with Crippen molar-refractivity contribution in [1.82, 2.24) is 5.32 Å². The van der Waals surface area contributed by atoms with Gasteiger partial charge in [-0.15, -0.1) is 0 Å². The third-order valence-corrected chi connectivity index (χ3v) is 11.0. The number of nitrogens with one attached hydrogen (secondary N) is 1. The third kappa shape index (κ3) is 9.93. The van der Waals surface area contributed by atoms with E-state index in [2.05, 4.69) is 12.0 Å². The number of alkyl halides is 9. The fourth-order valence-electron chi connectivity index (χ4n) is 4.03.